The number of rotatable bonds is 4. The summed E-state index contributed by atoms with van der Waals surface area (Å²) >= 11 is 0. The average Bonchev–Trinajstić information content (AvgIpc) is 2.25. The van der Waals surface area contributed by atoms with Crippen LogP contribution in [-0.4, -0.2) is 18.6 Å². The predicted octanol–water partition coefficient (Wildman–Crippen LogP) is 3.32. The molecule has 0 radical (unpaired) electrons. The average molecular weight is 300 g/mol. The van der Waals surface area contributed by atoms with Crippen LogP contribution in [-0.2, 0) is 6.18 Å². The molecule has 0 saturated heterocycles. The maximum atomic E-state index is 12.7. The van der Waals surface area contributed by atoms with Crippen molar-refractivity contribution in [2.45, 2.75) is 18.8 Å². The van der Waals surface area contributed by atoms with Crippen molar-refractivity contribution in [3.05, 3.63) is 29.3 Å². The Kier molecular flexibility index (Phi) is 4.51. The van der Waals surface area contributed by atoms with Crippen molar-refractivity contribution < 1.29 is 31.1 Å². The van der Waals surface area contributed by atoms with E-state index in [1.807, 2.05) is 0 Å². The van der Waals surface area contributed by atoms with Crippen LogP contribution in [0.25, 0.3) is 0 Å². The molecule has 0 aliphatic carbocycles. The molecule has 112 valence electrons. The molecule has 3 nitrogen and oxygen atoms in total. The van der Waals surface area contributed by atoms with E-state index in [4.69, 9.17) is 11.1 Å². The van der Waals surface area contributed by atoms with Crippen LogP contribution in [0.15, 0.2) is 18.2 Å². The number of benzene rings is 1. The minimum Gasteiger partial charge on any atom is -0.493 e. The third-order valence-corrected chi connectivity index (χ3v) is 2.24. The molecule has 0 heterocycles. The van der Waals surface area contributed by atoms with Crippen molar-refractivity contribution in [2.24, 2.45) is 5.73 Å². The zero-order valence-corrected chi connectivity index (χ0v) is 9.90. The van der Waals surface area contributed by atoms with E-state index >= 15 is 0 Å². The molecule has 0 fully saturated rings. The van der Waals surface area contributed by atoms with Crippen molar-refractivity contribution >= 4 is 5.84 Å². The monoisotopic (exact) mass is 300 g/mol. The predicted molar refractivity (Wildman–Crippen MR) is 58.6 cm³/mol. The van der Waals surface area contributed by atoms with Gasteiger partial charge in [-0.1, -0.05) is 0 Å². The highest BCUT2D eigenvalue weighted by Gasteiger charge is 2.34. The van der Waals surface area contributed by atoms with Crippen LogP contribution in [0.3, 0.4) is 0 Å². The highest BCUT2D eigenvalue weighted by atomic mass is 19.4. The summed E-state index contributed by atoms with van der Waals surface area (Å²) in [6.07, 6.45) is -10.5. The Morgan fingerprint density at radius 3 is 2.20 bits per heavy atom. The van der Waals surface area contributed by atoms with Gasteiger partial charge in [0.2, 0.25) is 0 Å². The van der Waals surface area contributed by atoms with E-state index < -0.39 is 42.3 Å². The van der Waals surface area contributed by atoms with E-state index in [0.717, 1.165) is 12.1 Å². The van der Waals surface area contributed by atoms with Gasteiger partial charge in [0.05, 0.1) is 18.6 Å². The number of nitrogens with two attached hydrogens (primary N) is 1. The van der Waals surface area contributed by atoms with Crippen molar-refractivity contribution in [3.8, 4) is 5.75 Å². The summed E-state index contributed by atoms with van der Waals surface area (Å²) in [5.41, 5.74) is 3.23. The number of halogens is 6. The van der Waals surface area contributed by atoms with Crippen LogP contribution in [0, 0.1) is 5.41 Å². The second-order valence-electron chi connectivity index (χ2n) is 3.83. The van der Waals surface area contributed by atoms with Crippen LogP contribution in [0.1, 0.15) is 17.5 Å². The SMILES string of the molecule is N=C(N)c1ccc(OCCC(F)(F)F)cc1C(F)(F)F. The van der Waals surface area contributed by atoms with Gasteiger partial charge in [-0.2, -0.15) is 26.3 Å². The molecular weight excluding hydrogens is 290 g/mol. The Hall–Kier alpha value is -1.93. The molecule has 0 saturated carbocycles. The molecule has 1 rings (SSSR count). The number of nitrogens with one attached hydrogen (secondary N) is 1. The standard InChI is InChI=1S/C11H10F6N2O/c12-10(13,14)3-4-20-6-1-2-7(9(18)19)8(5-6)11(15,16)17/h1-2,5H,3-4H2,(H3,18,19). The summed E-state index contributed by atoms with van der Waals surface area (Å²) in [6, 6.07) is 2.43. The van der Waals surface area contributed by atoms with Gasteiger partial charge in [0.15, 0.2) is 0 Å². The molecule has 0 spiro atoms. The molecular formula is C11H10F6N2O. The Balaban J connectivity index is 2.93. The zero-order chi connectivity index (χ0) is 15.6. The first-order valence-electron chi connectivity index (χ1n) is 5.26. The molecule has 9 heteroatoms. The summed E-state index contributed by atoms with van der Waals surface area (Å²) in [5.74, 6) is -1.16. The lowest BCUT2D eigenvalue weighted by Gasteiger charge is -2.14. The molecule has 0 bridgehead atoms. The fourth-order valence-corrected chi connectivity index (χ4v) is 1.37. The normalized spacial score (nSPS) is 12.3. The second kappa shape index (κ2) is 5.59. The zero-order valence-electron chi connectivity index (χ0n) is 9.90. The first-order valence-corrected chi connectivity index (χ1v) is 5.26. The molecule has 1 aromatic rings. The van der Waals surface area contributed by atoms with Gasteiger partial charge in [-0.05, 0) is 18.2 Å². The van der Waals surface area contributed by atoms with E-state index in [1.54, 1.807) is 0 Å². The van der Waals surface area contributed by atoms with Crippen LogP contribution in [0.4, 0.5) is 26.3 Å². The van der Waals surface area contributed by atoms with Crippen LogP contribution >= 0.6 is 0 Å². The maximum Gasteiger partial charge on any atom is 0.417 e. The van der Waals surface area contributed by atoms with Gasteiger partial charge in [0.25, 0.3) is 0 Å². The van der Waals surface area contributed by atoms with E-state index in [-0.39, 0.29) is 5.75 Å². The third-order valence-electron chi connectivity index (χ3n) is 2.24. The highest BCUT2D eigenvalue weighted by molar-refractivity contribution is 5.96. The topological polar surface area (TPSA) is 59.1 Å². The minimum absolute atomic E-state index is 0.369. The molecule has 20 heavy (non-hydrogen) atoms. The van der Waals surface area contributed by atoms with E-state index in [0.29, 0.717) is 6.07 Å². The molecule has 0 aromatic heterocycles. The van der Waals surface area contributed by atoms with E-state index in [1.165, 1.54) is 0 Å². The van der Waals surface area contributed by atoms with Crippen LogP contribution < -0.4 is 10.5 Å². The van der Waals surface area contributed by atoms with Crippen LogP contribution in [0.5, 0.6) is 5.75 Å². The van der Waals surface area contributed by atoms with Gasteiger partial charge in [-0.3, -0.25) is 5.41 Å². The summed E-state index contributed by atoms with van der Waals surface area (Å²) < 4.78 is 78.4. The number of amidine groups is 1. The largest absolute Gasteiger partial charge is 0.493 e. The molecule has 0 aliphatic rings. The van der Waals surface area contributed by atoms with Crippen molar-refractivity contribution in [1.82, 2.24) is 0 Å². The smallest absolute Gasteiger partial charge is 0.417 e. The minimum atomic E-state index is -4.79. The van der Waals surface area contributed by atoms with Gasteiger partial charge in [-0.25, -0.2) is 0 Å². The fourth-order valence-electron chi connectivity index (χ4n) is 1.37. The van der Waals surface area contributed by atoms with Gasteiger partial charge in [0, 0.05) is 5.56 Å². The number of hydrogen-bond acceptors (Lipinski definition) is 2. The maximum absolute atomic E-state index is 12.7. The summed E-state index contributed by atoms with van der Waals surface area (Å²) in [6.45, 7) is -0.791. The Bertz CT molecular complexity index is 495. The molecule has 1 aromatic carbocycles. The number of ether oxygens (including phenoxy) is 1. The van der Waals surface area contributed by atoms with Gasteiger partial charge in [0.1, 0.15) is 11.6 Å². The molecule has 0 amide bonds. The lowest BCUT2D eigenvalue weighted by molar-refractivity contribution is -0.141. The Labute approximate surface area is 109 Å². The lowest BCUT2D eigenvalue weighted by atomic mass is 10.1. The summed E-state index contributed by atoms with van der Waals surface area (Å²) in [7, 11) is 0. The quantitative estimate of drug-likeness (QED) is 0.509. The van der Waals surface area contributed by atoms with E-state index in [2.05, 4.69) is 4.74 Å². The van der Waals surface area contributed by atoms with E-state index in [9.17, 15) is 26.3 Å². The molecule has 0 atom stereocenters. The molecule has 3 N–H and O–H groups in total. The van der Waals surface area contributed by atoms with Gasteiger partial charge >= 0.3 is 12.4 Å². The Morgan fingerprint density at radius 2 is 1.75 bits per heavy atom. The van der Waals surface area contributed by atoms with Crippen LogP contribution in [0.2, 0.25) is 0 Å². The van der Waals surface area contributed by atoms with Gasteiger partial charge in [-0.15, -0.1) is 0 Å². The van der Waals surface area contributed by atoms with Crippen molar-refractivity contribution in [2.75, 3.05) is 6.61 Å². The van der Waals surface area contributed by atoms with Crippen molar-refractivity contribution in [1.29, 1.82) is 5.41 Å². The molecule has 0 aliphatic heterocycles. The second-order valence-corrected chi connectivity index (χ2v) is 3.83. The lowest BCUT2D eigenvalue weighted by Crippen LogP contribution is -2.19. The highest BCUT2D eigenvalue weighted by Crippen LogP contribution is 2.34. The number of nitrogen functional groups attached to an aromatic ring is 1. The first kappa shape index (κ1) is 16.1. The Morgan fingerprint density at radius 1 is 1.15 bits per heavy atom. The summed E-state index contributed by atoms with van der Waals surface area (Å²) in [4.78, 5) is 0. The third kappa shape index (κ3) is 4.63. The van der Waals surface area contributed by atoms with Crippen molar-refractivity contribution in [3.63, 3.8) is 0 Å². The first-order chi connectivity index (χ1) is 9.00. The number of hydrogen-bond donors (Lipinski definition) is 2. The van der Waals surface area contributed by atoms with Gasteiger partial charge < -0.3 is 10.5 Å². The number of alkyl halides is 6. The summed E-state index contributed by atoms with van der Waals surface area (Å²) in [5, 5.41) is 7.03. The fraction of sp³-hybridized carbons (Fsp3) is 0.364. The molecule has 0 unspecified atom stereocenters.